The van der Waals surface area contributed by atoms with Gasteiger partial charge in [0.05, 0.1) is 11.9 Å². The van der Waals surface area contributed by atoms with Crippen LogP contribution in [0.25, 0.3) is 0 Å². The second-order valence-corrected chi connectivity index (χ2v) is 9.09. The fourth-order valence-electron chi connectivity index (χ4n) is 1.60. The molecule has 0 fully saturated rings. The van der Waals surface area contributed by atoms with Gasteiger partial charge in [-0.25, -0.2) is 4.67 Å². The smallest absolute Gasteiger partial charge is 0.266 e. The van der Waals surface area contributed by atoms with Crippen LogP contribution in [0.5, 0.6) is 0 Å². The molecule has 0 N–H and O–H groups in total. The zero-order chi connectivity index (χ0) is 14.3. The first kappa shape index (κ1) is 15.4. The van der Waals surface area contributed by atoms with E-state index in [0.717, 1.165) is 5.71 Å². The maximum absolute atomic E-state index is 13.0. The number of rotatable bonds is 2. The van der Waals surface area contributed by atoms with Gasteiger partial charge in [0.1, 0.15) is 0 Å². The highest BCUT2D eigenvalue weighted by Crippen LogP contribution is 2.56. The minimum absolute atomic E-state index is 0.185. The average molecular weight is 273 g/mol. The first-order valence-corrected chi connectivity index (χ1v) is 7.99. The highest BCUT2D eigenvalue weighted by atomic mass is 31.2. The Morgan fingerprint density at radius 2 is 1.89 bits per heavy atom. The fraction of sp³-hybridized carbons (Fsp3) is 0.833. The van der Waals surface area contributed by atoms with Crippen LogP contribution in [0.3, 0.4) is 0 Å². The van der Waals surface area contributed by atoms with Crippen LogP contribution in [-0.4, -0.2) is 41.3 Å². The lowest BCUT2D eigenvalue weighted by atomic mass is 9.96. The molecule has 1 rings (SSSR count). The Morgan fingerprint density at radius 3 is 2.22 bits per heavy atom. The molecule has 0 aromatic rings. The quantitative estimate of drug-likeness (QED) is 0.727. The molecule has 1 amide bonds. The molecule has 104 valence electrons. The van der Waals surface area contributed by atoms with Crippen LogP contribution in [0, 0.1) is 11.3 Å². The van der Waals surface area contributed by atoms with E-state index in [9.17, 15) is 9.36 Å². The Labute approximate surface area is 110 Å². The van der Waals surface area contributed by atoms with E-state index >= 15 is 0 Å². The number of carbonyl (C=O) groups excluding carboxylic acids is 1. The fourth-order valence-corrected chi connectivity index (χ4v) is 4.04. The lowest BCUT2D eigenvalue weighted by Crippen LogP contribution is -2.35. The van der Waals surface area contributed by atoms with Crippen molar-refractivity contribution in [1.82, 2.24) is 9.45 Å². The van der Waals surface area contributed by atoms with E-state index in [1.165, 1.54) is 4.78 Å². The Balaban J connectivity index is 3.19. The Bertz CT molecular complexity index is 422. The molecule has 6 heteroatoms. The van der Waals surface area contributed by atoms with Gasteiger partial charge in [-0.3, -0.25) is 9.36 Å². The van der Waals surface area contributed by atoms with Crippen molar-refractivity contribution in [2.75, 3.05) is 20.3 Å². The van der Waals surface area contributed by atoms with Crippen molar-refractivity contribution >= 4 is 19.1 Å². The number of nitrogens with zero attached hydrogens (tertiary/aromatic N) is 3. The zero-order valence-electron chi connectivity index (χ0n) is 12.4. The van der Waals surface area contributed by atoms with Crippen molar-refractivity contribution in [2.45, 2.75) is 34.6 Å². The summed E-state index contributed by atoms with van der Waals surface area (Å²) < 4.78 is 15.8. The number of carbonyl (C=O) groups is 1. The maximum Gasteiger partial charge on any atom is 0.266 e. The van der Waals surface area contributed by atoms with Gasteiger partial charge in [-0.1, -0.05) is 34.6 Å². The standard InChI is InChI=1S/C12H24N3O2P/c1-9(2)10-8-18(17,14(6)7)15(13-10)11(16)12(3,4)5/h9H,8H2,1-7H3. The summed E-state index contributed by atoms with van der Waals surface area (Å²) in [4.78, 5) is 12.4. The molecule has 0 aromatic heterocycles. The molecule has 0 aliphatic carbocycles. The summed E-state index contributed by atoms with van der Waals surface area (Å²) in [5, 5.41) is 4.32. The number of amides is 1. The molecule has 18 heavy (non-hydrogen) atoms. The van der Waals surface area contributed by atoms with E-state index in [0.29, 0.717) is 6.16 Å². The highest BCUT2D eigenvalue weighted by molar-refractivity contribution is 7.61. The van der Waals surface area contributed by atoms with E-state index in [2.05, 4.69) is 5.10 Å². The summed E-state index contributed by atoms with van der Waals surface area (Å²) in [7, 11) is 0.576. The molecule has 1 unspecified atom stereocenters. The number of hydrogen-bond acceptors (Lipinski definition) is 3. The van der Waals surface area contributed by atoms with Gasteiger partial charge in [0.2, 0.25) is 0 Å². The van der Waals surface area contributed by atoms with Gasteiger partial charge in [0, 0.05) is 5.41 Å². The normalized spacial score (nSPS) is 24.9. The molecule has 1 heterocycles. The highest BCUT2D eigenvalue weighted by Gasteiger charge is 2.46. The SMILES string of the molecule is CC(C)C1=NN(C(=O)C(C)(C)C)P(=O)(N(C)C)C1. The minimum Gasteiger partial charge on any atom is -0.280 e. The monoisotopic (exact) mass is 273 g/mol. The molecule has 1 atom stereocenters. The second kappa shape index (κ2) is 4.78. The summed E-state index contributed by atoms with van der Waals surface area (Å²) >= 11 is 0. The van der Waals surface area contributed by atoms with Crippen LogP contribution in [-0.2, 0) is 9.36 Å². The number of hydrazone groups is 1. The summed E-state index contributed by atoms with van der Waals surface area (Å²) in [6.45, 7) is 9.46. The third-order valence-corrected chi connectivity index (χ3v) is 5.85. The Hall–Kier alpha value is -0.670. The predicted octanol–water partition coefficient (Wildman–Crippen LogP) is 2.64. The largest absolute Gasteiger partial charge is 0.280 e. The predicted molar refractivity (Wildman–Crippen MR) is 74.7 cm³/mol. The van der Waals surface area contributed by atoms with Crippen LogP contribution in [0.1, 0.15) is 34.6 Å². The molecule has 5 nitrogen and oxygen atoms in total. The van der Waals surface area contributed by atoms with E-state index in [1.807, 2.05) is 34.6 Å². The van der Waals surface area contributed by atoms with Crippen molar-refractivity contribution in [3.8, 4) is 0 Å². The van der Waals surface area contributed by atoms with Crippen molar-refractivity contribution in [1.29, 1.82) is 0 Å². The first-order chi connectivity index (χ1) is 8.00. The van der Waals surface area contributed by atoms with Gasteiger partial charge in [-0.2, -0.15) is 9.88 Å². The van der Waals surface area contributed by atoms with Gasteiger partial charge in [0.15, 0.2) is 0 Å². The van der Waals surface area contributed by atoms with Gasteiger partial charge in [-0.05, 0) is 20.0 Å². The molecular formula is C12H24N3O2P. The van der Waals surface area contributed by atoms with E-state index < -0.39 is 12.9 Å². The van der Waals surface area contributed by atoms with Crippen molar-refractivity contribution in [3.05, 3.63) is 0 Å². The molecule has 0 saturated carbocycles. The molecule has 0 saturated heterocycles. The molecular weight excluding hydrogens is 249 g/mol. The maximum atomic E-state index is 13.0. The summed E-state index contributed by atoms with van der Waals surface area (Å²) in [6, 6.07) is 0. The van der Waals surface area contributed by atoms with Gasteiger partial charge < -0.3 is 0 Å². The lowest BCUT2D eigenvalue weighted by Gasteiger charge is -2.31. The minimum atomic E-state index is -2.90. The van der Waals surface area contributed by atoms with E-state index in [1.54, 1.807) is 18.8 Å². The van der Waals surface area contributed by atoms with Gasteiger partial charge in [-0.15, -0.1) is 0 Å². The summed E-state index contributed by atoms with van der Waals surface area (Å²) in [5.74, 6) is 0.0197. The average Bonchev–Trinajstić information content (AvgIpc) is 2.55. The molecule has 1 aliphatic heterocycles. The molecule has 0 spiro atoms. The summed E-state index contributed by atoms with van der Waals surface area (Å²) in [6.07, 6.45) is 0.374. The van der Waals surface area contributed by atoms with Crippen LogP contribution in [0.4, 0.5) is 0 Å². The van der Waals surface area contributed by atoms with Crippen molar-refractivity contribution in [3.63, 3.8) is 0 Å². The van der Waals surface area contributed by atoms with Crippen LogP contribution in [0.2, 0.25) is 0 Å². The summed E-state index contributed by atoms with van der Waals surface area (Å²) in [5.41, 5.74) is 0.256. The Kier molecular flexibility index (Phi) is 4.09. The van der Waals surface area contributed by atoms with Gasteiger partial charge in [0.25, 0.3) is 13.4 Å². The van der Waals surface area contributed by atoms with Gasteiger partial charge >= 0.3 is 0 Å². The molecule has 1 aliphatic rings. The lowest BCUT2D eigenvalue weighted by molar-refractivity contribution is -0.134. The second-order valence-electron chi connectivity index (χ2n) is 6.26. The molecule has 0 radical (unpaired) electrons. The topological polar surface area (TPSA) is 53.0 Å². The first-order valence-electron chi connectivity index (χ1n) is 6.19. The number of hydrogen-bond donors (Lipinski definition) is 0. The third-order valence-electron chi connectivity index (χ3n) is 3.00. The van der Waals surface area contributed by atoms with E-state index in [-0.39, 0.29) is 11.8 Å². The van der Waals surface area contributed by atoms with Crippen LogP contribution in [0.15, 0.2) is 5.10 Å². The van der Waals surface area contributed by atoms with E-state index in [4.69, 9.17) is 0 Å². The van der Waals surface area contributed by atoms with Crippen LogP contribution < -0.4 is 0 Å². The van der Waals surface area contributed by atoms with Crippen LogP contribution >= 0.6 is 7.44 Å². The van der Waals surface area contributed by atoms with Crippen molar-refractivity contribution in [2.24, 2.45) is 16.4 Å². The molecule has 0 bridgehead atoms. The third kappa shape index (κ3) is 2.67. The van der Waals surface area contributed by atoms with Crippen molar-refractivity contribution < 1.29 is 9.36 Å². The molecule has 0 aromatic carbocycles. The zero-order valence-corrected chi connectivity index (χ0v) is 13.3. The Morgan fingerprint density at radius 1 is 1.39 bits per heavy atom.